The Labute approximate surface area is 146 Å². The number of halogens is 1. The topological polar surface area (TPSA) is 117 Å². The average Bonchev–Trinajstić information content (AvgIpc) is 2.49. The second-order valence-electron chi connectivity index (χ2n) is 4.49. The molecule has 1 heterocycles. The van der Waals surface area contributed by atoms with Gasteiger partial charge in [-0.2, -0.15) is 0 Å². The van der Waals surface area contributed by atoms with Crippen molar-refractivity contribution >= 4 is 52.8 Å². The van der Waals surface area contributed by atoms with E-state index in [4.69, 9.17) is 33.3 Å². The Morgan fingerprint density at radius 2 is 1.96 bits per heavy atom. The van der Waals surface area contributed by atoms with Crippen LogP contribution in [0.5, 0.6) is 11.5 Å². The molecule has 1 fully saturated rings. The third-order valence-corrected chi connectivity index (χ3v) is 3.33. The number of rotatable bonds is 5. The number of amides is 2. The molecule has 0 aromatic heterocycles. The molecule has 10 heteroatoms. The summed E-state index contributed by atoms with van der Waals surface area (Å²) in [6.07, 6.45) is 1.28. The number of aliphatic carboxylic acids is 1. The molecule has 0 aliphatic carbocycles. The van der Waals surface area contributed by atoms with Crippen LogP contribution in [0.4, 0.5) is 0 Å². The van der Waals surface area contributed by atoms with Crippen molar-refractivity contribution in [3.05, 3.63) is 28.3 Å². The molecule has 0 saturated carbocycles. The molecule has 0 spiro atoms. The smallest absolute Gasteiger partial charge is 0.263 e. The van der Waals surface area contributed by atoms with Crippen molar-refractivity contribution in [2.24, 2.45) is 0 Å². The molecule has 0 radical (unpaired) electrons. The monoisotopic (exact) mass is 369 g/mol. The van der Waals surface area contributed by atoms with Crippen LogP contribution in [0.1, 0.15) is 5.56 Å². The van der Waals surface area contributed by atoms with E-state index in [1.54, 1.807) is 0 Å². The second kappa shape index (κ2) is 7.28. The van der Waals surface area contributed by atoms with Crippen LogP contribution in [0, 0.1) is 0 Å². The Morgan fingerprint density at radius 3 is 2.50 bits per heavy atom. The predicted molar refractivity (Wildman–Crippen MR) is 85.4 cm³/mol. The van der Waals surface area contributed by atoms with Crippen molar-refractivity contribution in [3.8, 4) is 11.5 Å². The van der Waals surface area contributed by atoms with Gasteiger partial charge < -0.3 is 19.4 Å². The molecule has 2 rings (SSSR count). The Balaban J connectivity index is 2.38. The molecule has 1 aromatic carbocycles. The maximum absolute atomic E-state index is 11.8. The maximum Gasteiger partial charge on any atom is 0.263 e. The van der Waals surface area contributed by atoms with E-state index in [0.717, 1.165) is 0 Å². The van der Waals surface area contributed by atoms with Gasteiger partial charge in [0.1, 0.15) is 12.2 Å². The number of thiocarbonyl (C=S) groups is 1. The highest BCUT2D eigenvalue weighted by Crippen LogP contribution is 2.37. The molecular weight excluding hydrogens is 360 g/mol. The first-order chi connectivity index (χ1) is 11.3. The molecule has 1 saturated heterocycles. The van der Waals surface area contributed by atoms with Gasteiger partial charge in [0.25, 0.3) is 11.8 Å². The number of carboxylic acids is 1. The molecule has 1 aliphatic rings. The largest absolute Gasteiger partial charge is 0.546 e. The summed E-state index contributed by atoms with van der Waals surface area (Å²) in [7, 11) is 1.33. The summed E-state index contributed by atoms with van der Waals surface area (Å²) in [6.45, 7) is -0.710. The van der Waals surface area contributed by atoms with E-state index in [-0.39, 0.29) is 27.2 Å². The molecular formula is C14H10ClN2O6S-. The number of carbonyl (C=O) groups is 3. The van der Waals surface area contributed by atoms with Gasteiger partial charge in [0, 0.05) is 0 Å². The molecule has 0 unspecified atom stereocenters. The Bertz CT molecular complexity index is 755. The summed E-state index contributed by atoms with van der Waals surface area (Å²) in [5.41, 5.74) is 0.191. The molecule has 0 atom stereocenters. The molecule has 2 amide bonds. The summed E-state index contributed by atoms with van der Waals surface area (Å²) in [6, 6.07) is 2.81. The van der Waals surface area contributed by atoms with E-state index >= 15 is 0 Å². The number of carbonyl (C=O) groups excluding carboxylic acids is 3. The normalized spacial score (nSPS) is 13.9. The first-order valence-electron chi connectivity index (χ1n) is 6.40. The predicted octanol–water partition coefficient (Wildman–Crippen LogP) is -0.608. The van der Waals surface area contributed by atoms with Crippen molar-refractivity contribution in [3.63, 3.8) is 0 Å². The zero-order chi connectivity index (χ0) is 17.9. The first-order valence-corrected chi connectivity index (χ1v) is 7.19. The fourth-order valence-corrected chi connectivity index (χ4v) is 2.33. The van der Waals surface area contributed by atoms with E-state index in [9.17, 15) is 19.5 Å². The lowest BCUT2D eigenvalue weighted by Crippen LogP contribution is -2.51. The molecule has 0 bridgehead atoms. The number of hydrogen-bond donors (Lipinski definition) is 2. The van der Waals surface area contributed by atoms with Crippen molar-refractivity contribution in [1.82, 2.24) is 10.6 Å². The SMILES string of the molecule is COc1cc(C=C2C(=O)NC(=S)NC2=O)cc(Cl)c1OCC(=O)[O-]. The number of nitrogens with one attached hydrogen (secondary N) is 2. The standard InChI is InChI=1S/C14H11ClN2O6S/c1-22-9-4-6(3-8(15)11(9)23-5-10(18)19)2-7-12(20)16-14(24)17-13(7)21/h2-4H,5H2,1H3,(H,18,19)(H2,16,17,20,21,24)/p-1. The summed E-state index contributed by atoms with van der Waals surface area (Å²) < 4.78 is 10.1. The Kier molecular flexibility index (Phi) is 5.37. The van der Waals surface area contributed by atoms with Gasteiger partial charge >= 0.3 is 0 Å². The third-order valence-electron chi connectivity index (χ3n) is 2.84. The number of benzene rings is 1. The molecule has 1 aromatic rings. The summed E-state index contributed by atoms with van der Waals surface area (Å²) in [5.74, 6) is -2.61. The minimum Gasteiger partial charge on any atom is -0.546 e. The fourth-order valence-electron chi connectivity index (χ4n) is 1.87. The molecule has 24 heavy (non-hydrogen) atoms. The zero-order valence-electron chi connectivity index (χ0n) is 12.2. The fraction of sp³-hybridized carbons (Fsp3) is 0.143. The van der Waals surface area contributed by atoms with E-state index < -0.39 is 24.4 Å². The van der Waals surface area contributed by atoms with E-state index in [2.05, 4.69) is 10.6 Å². The number of ether oxygens (including phenoxy) is 2. The summed E-state index contributed by atoms with van der Waals surface area (Å²) in [4.78, 5) is 34.1. The zero-order valence-corrected chi connectivity index (χ0v) is 13.7. The third kappa shape index (κ3) is 4.00. The van der Waals surface area contributed by atoms with E-state index in [0.29, 0.717) is 5.56 Å². The number of carboxylic acid groups (broad SMARTS) is 1. The summed E-state index contributed by atoms with van der Waals surface area (Å²) >= 11 is 10.7. The van der Waals surface area contributed by atoms with Crippen LogP contribution in [0.25, 0.3) is 6.08 Å². The Morgan fingerprint density at radius 1 is 1.33 bits per heavy atom. The number of hydrogen-bond acceptors (Lipinski definition) is 7. The summed E-state index contributed by atoms with van der Waals surface area (Å²) in [5, 5.41) is 15.0. The maximum atomic E-state index is 11.8. The van der Waals surface area contributed by atoms with Gasteiger partial charge in [0.05, 0.1) is 18.1 Å². The highest BCUT2D eigenvalue weighted by Gasteiger charge is 2.26. The van der Waals surface area contributed by atoms with Gasteiger partial charge in [-0.05, 0) is 36.0 Å². The van der Waals surface area contributed by atoms with Crippen molar-refractivity contribution < 1.29 is 29.0 Å². The van der Waals surface area contributed by atoms with Crippen molar-refractivity contribution in [1.29, 1.82) is 0 Å². The lowest BCUT2D eigenvalue weighted by atomic mass is 10.1. The van der Waals surface area contributed by atoms with Crippen LogP contribution in [0.15, 0.2) is 17.7 Å². The Hall–Kier alpha value is -2.65. The van der Waals surface area contributed by atoms with Crippen LogP contribution in [-0.4, -0.2) is 36.6 Å². The van der Waals surface area contributed by atoms with Gasteiger partial charge in [-0.3, -0.25) is 20.2 Å². The highest BCUT2D eigenvalue weighted by molar-refractivity contribution is 7.80. The van der Waals surface area contributed by atoms with E-state index in [1.807, 2.05) is 0 Å². The van der Waals surface area contributed by atoms with Crippen LogP contribution in [0.2, 0.25) is 5.02 Å². The van der Waals surface area contributed by atoms with Crippen molar-refractivity contribution in [2.45, 2.75) is 0 Å². The molecule has 8 nitrogen and oxygen atoms in total. The second-order valence-corrected chi connectivity index (χ2v) is 5.31. The average molecular weight is 370 g/mol. The van der Waals surface area contributed by atoms with Crippen LogP contribution in [0.3, 0.4) is 0 Å². The lowest BCUT2D eigenvalue weighted by molar-refractivity contribution is -0.307. The van der Waals surface area contributed by atoms with Crippen LogP contribution < -0.4 is 25.2 Å². The van der Waals surface area contributed by atoms with E-state index in [1.165, 1.54) is 25.3 Å². The van der Waals surface area contributed by atoms with Crippen molar-refractivity contribution in [2.75, 3.05) is 13.7 Å². The molecule has 1 aliphatic heterocycles. The van der Waals surface area contributed by atoms with Crippen LogP contribution >= 0.6 is 23.8 Å². The first kappa shape index (κ1) is 17.7. The van der Waals surface area contributed by atoms with Gasteiger partial charge in [-0.25, -0.2) is 0 Å². The molecule has 2 N–H and O–H groups in total. The minimum atomic E-state index is -1.43. The quantitative estimate of drug-likeness (QED) is 0.404. The lowest BCUT2D eigenvalue weighted by Gasteiger charge is -2.17. The minimum absolute atomic E-state index is 0.00393. The van der Waals surface area contributed by atoms with Crippen LogP contribution in [-0.2, 0) is 14.4 Å². The van der Waals surface area contributed by atoms with Gasteiger partial charge in [-0.1, -0.05) is 11.6 Å². The van der Waals surface area contributed by atoms with Gasteiger partial charge in [-0.15, -0.1) is 0 Å². The van der Waals surface area contributed by atoms with Gasteiger partial charge in [0.2, 0.25) is 0 Å². The van der Waals surface area contributed by atoms with Gasteiger partial charge in [0.15, 0.2) is 16.6 Å². The number of methoxy groups -OCH3 is 1. The molecule has 126 valence electrons. The highest BCUT2D eigenvalue weighted by atomic mass is 35.5.